The summed E-state index contributed by atoms with van der Waals surface area (Å²) < 4.78 is 46.0. The molecule has 3 aliphatic carbocycles. The number of hydrogen-bond acceptors (Lipinski definition) is 11. The summed E-state index contributed by atoms with van der Waals surface area (Å²) in [4.78, 5) is 68.4. The minimum absolute atomic E-state index is 0.0414. The number of aromatic nitrogens is 2. The van der Waals surface area contributed by atoms with Crippen LogP contribution in [-0.2, 0) is 40.4 Å². The number of aryl methyl sites for hydroxylation is 1. The number of nitrogens with one attached hydrogen (secondary N) is 2. The number of methoxy groups -OCH3 is 1. The number of hydrogen-bond donors (Lipinski definition) is 2. The topological polar surface area (TPSA) is 183 Å². The zero-order valence-corrected chi connectivity index (χ0v) is 34.5. The van der Waals surface area contributed by atoms with Gasteiger partial charge in [-0.05, 0) is 102 Å². The Morgan fingerprint density at radius 2 is 1.76 bits per heavy atom. The molecule has 14 nitrogen and oxygen atoms in total. The zero-order chi connectivity index (χ0) is 40.7. The van der Waals surface area contributed by atoms with Crippen molar-refractivity contribution in [3.05, 3.63) is 36.0 Å². The van der Waals surface area contributed by atoms with Crippen LogP contribution in [0.4, 0.5) is 0 Å². The zero-order valence-electron chi connectivity index (χ0n) is 33.7. The van der Waals surface area contributed by atoms with Crippen LogP contribution < -0.4 is 19.5 Å². The van der Waals surface area contributed by atoms with Crippen molar-refractivity contribution in [2.24, 2.45) is 17.8 Å². The van der Waals surface area contributed by atoms with Gasteiger partial charge in [0.15, 0.2) is 0 Å². The second-order valence-corrected chi connectivity index (χ2v) is 20.0. The molecule has 3 bridgehead atoms. The number of nitrogens with zero attached hydrogens (tertiary/aromatic N) is 3. The van der Waals surface area contributed by atoms with Crippen molar-refractivity contribution in [1.82, 2.24) is 24.9 Å². The normalized spacial score (nSPS) is 32.4. The SMILES string of the molecule is COc1ccc2nc3c(nc2c1)O[C@@H]1C[C@H]2C(=O)N[C@]4(C(=O)NS(=O)(=O)C5(C)CC5)C[C@@H]4/C=C\CCCCC[C@H](CC(=O)O[C@@H]4CCC[C@H]4CCCCC3)C(=O)N2C1. The fraction of sp³-hybridized carbons (Fsp3) is 0.674. The lowest BCUT2D eigenvalue weighted by molar-refractivity contribution is -0.155. The molecule has 3 saturated carbocycles. The molecule has 1 aromatic heterocycles. The summed E-state index contributed by atoms with van der Waals surface area (Å²) >= 11 is 0. The largest absolute Gasteiger partial charge is 0.497 e. The van der Waals surface area contributed by atoms with E-state index in [1.54, 1.807) is 20.1 Å². The number of rotatable bonds is 4. The average Bonchev–Trinajstić information content (AvgIpc) is 4.00. The predicted octanol–water partition coefficient (Wildman–Crippen LogP) is 5.22. The molecule has 0 radical (unpaired) electrons. The van der Waals surface area contributed by atoms with Crippen LogP contribution in [0.2, 0.25) is 0 Å². The molecule has 3 amide bonds. The molecule has 6 aliphatic rings. The third kappa shape index (κ3) is 8.42. The smallest absolute Gasteiger partial charge is 0.306 e. The molecule has 58 heavy (non-hydrogen) atoms. The van der Waals surface area contributed by atoms with Crippen LogP contribution >= 0.6 is 0 Å². The van der Waals surface area contributed by atoms with Crippen molar-refractivity contribution in [3.8, 4) is 11.6 Å². The van der Waals surface area contributed by atoms with E-state index in [1.165, 1.54) is 4.90 Å². The summed E-state index contributed by atoms with van der Waals surface area (Å²) in [7, 11) is -2.40. The highest BCUT2D eigenvalue weighted by molar-refractivity contribution is 7.91. The third-order valence-corrected chi connectivity index (χ3v) is 15.7. The van der Waals surface area contributed by atoms with Gasteiger partial charge in [-0.3, -0.25) is 23.9 Å². The Morgan fingerprint density at radius 1 is 0.966 bits per heavy atom. The van der Waals surface area contributed by atoms with E-state index in [0.717, 1.165) is 64.2 Å². The maximum absolute atomic E-state index is 14.8. The van der Waals surface area contributed by atoms with Gasteiger partial charge in [0.25, 0.3) is 5.91 Å². The number of esters is 1. The van der Waals surface area contributed by atoms with E-state index >= 15 is 0 Å². The Balaban J connectivity index is 1.14. The molecule has 1 aromatic carbocycles. The Labute approximate surface area is 340 Å². The van der Waals surface area contributed by atoms with Crippen molar-refractivity contribution < 1.29 is 41.8 Å². The van der Waals surface area contributed by atoms with E-state index in [9.17, 15) is 27.6 Å². The highest BCUT2D eigenvalue weighted by Gasteiger charge is 2.63. The number of carbonyl (C=O) groups excluding carboxylic acids is 4. The van der Waals surface area contributed by atoms with E-state index in [1.807, 2.05) is 24.3 Å². The van der Waals surface area contributed by atoms with Gasteiger partial charge < -0.3 is 24.4 Å². The first-order valence-corrected chi connectivity index (χ1v) is 22.9. The van der Waals surface area contributed by atoms with E-state index in [-0.39, 0.29) is 43.7 Å². The molecule has 4 heterocycles. The number of benzene rings is 1. The van der Waals surface area contributed by atoms with Crippen molar-refractivity contribution in [2.75, 3.05) is 13.7 Å². The first-order chi connectivity index (χ1) is 27.9. The monoisotopic (exact) mass is 819 g/mol. The van der Waals surface area contributed by atoms with Crippen LogP contribution in [0, 0.1) is 17.8 Å². The third-order valence-electron chi connectivity index (χ3n) is 13.5. The number of allylic oxidation sites excluding steroid dienone is 1. The van der Waals surface area contributed by atoms with Crippen molar-refractivity contribution >= 4 is 44.7 Å². The van der Waals surface area contributed by atoms with E-state index in [4.69, 9.17) is 24.2 Å². The molecule has 1 saturated heterocycles. The molecule has 3 aliphatic heterocycles. The number of carbonyl (C=O) groups is 4. The first-order valence-electron chi connectivity index (χ1n) is 21.4. The van der Waals surface area contributed by atoms with E-state index < -0.39 is 62.1 Å². The fourth-order valence-electron chi connectivity index (χ4n) is 9.46. The van der Waals surface area contributed by atoms with Gasteiger partial charge in [-0.15, -0.1) is 0 Å². The fourth-order valence-corrected chi connectivity index (χ4v) is 10.8. The van der Waals surface area contributed by atoms with Gasteiger partial charge in [-0.25, -0.2) is 18.4 Å². The molecule has 0 unspecified atom stereocenters. The molecule has 2 aromatic rings. The van der Waals surface area contributed by atoms with Crippen molar-refractivity contribution in [3.63, 3.8) is 0 Å². The lowest BCUT2D eigenvalue weighted by Crippen LogP contribution is -2.57. The van der Waals surface area contributed by atoms with Crippen LogP contribution in [-0.4, -0.2) is 89.2 Å². The summed E-state index contributed by atoms with van der Waals surface area (Å²) in [5.41, 5.74) is 0.483. The second-order valence-electron chi connectivity index (χ2n) is 17.8. The van der Waals surface area contributed by atoms with Crippen LogP contribution in [0.1, 0.15) is 122 Å². The summed E-state index contributed by atoms with van der Waals surface area (Å²) in [5.74, 6) is -1.99. The molecule has 15 heteroatoms. The minimum Gasteiger partial charge on any atom is -0.497 e. The van der Waals surface area contributed by atoms with Crippen molar-refractivity contribution in [2.45, 2.75) is 151 Å². The van der Waals surface area contributed by atoms with Crippen LogP contribution in [0.5, 0.6) is 11.6 Å². The predicted molar refractivity (Wildman–Crippen MR) is 214 cm³/mol. The second kappa shape index (κ2) is 16.4. The summed E-state index contributed by atoms with van der Waals surface area (Å²) in [6.45, 7) is 1.65. The maximum atomic E-state index is 14.8. The van der Waals surface area contributed by atoms with E-state index in [0.29, 0.717) is 60.5 Å². The molecule has 314 valence electrons. The summed E-state index contributed by atoms with van der Waals surface area (Å²) in [6.07, 6.45) is 14.9. The molecule has 4 fully saturated rings. The molecular formula is C43H57N5O9S. The Kier molecular flexibility index (Phi) is 11.5. The van der Waals surface area contributed by atoms with Gasteiger partial charge in [0.05, 0.1) is 35.9 Å². The molecule has 2 N–H and O–H groups in total. The highest BCUT2D eigenvalue weighted by atomic mass is 32.2. The lowest BCUT2D eigenvalue weighted by Gasteiger charge is -2.30. The van der Waals surface area contributed by atoms with Crippen LogP contribution in [0.15, 0.2) is 30.4 Å². The Morgan fingerprint density at radius 3 is 2.57 bits per heavy atom. The Hall–Kier alpha value is -4.27. The highest BCUT2D eigenvalue weighted by Crippen LogP contribution is 2.48. The molecule has 8 rings (SSSR count). The number of sulfonamides is 1. The van der Waals surface area contributed by atoms with Gasteiger partial charge in [-0.2, -0.15) is 0 Å². The number of amides is 3. The van der Waals surface area contributed by atoms with Gasteiger partial charge in [0, 0.05) is 24.3 Å². The number of fused-ring (bicyclic) bond motifs is 6. The first kappa shape index (κ1) is 40.5. The summed E-state index contributed by atoms with van der Waals surface area (Å²) in [6, 6.07) is 4.44. The van der Waals surface area contributed by atoms with Crippen molar-refractivity contribution in [1.29, 1.82) is 0 Å². The van der Waals surface area contributed by atoms with E-state index in [2.05, 4.69) is 10.0 Å². The quantitative estimate of drug-likeness (QED) is 0.305. The van der Waals surface area contributed by atoms with Gasteiger partial charge >= 0.3 is 5.97 Å². The van der Waals surface area contributed by atoms with Gasteiger partial charge in [0.1, 0.15) is 35.2 Å². The van der Waals surface area contributed by atoms with Crippen LogP contribution in [0.25, 0.3) is 11.0 Å². The summed E-state index contributed by atoms with van der Waals surface area (Å²) in [5, 5.41) is 2.95. The number of ether oxygens (including phenoxy) is 3. The molecule has 0 spiro atoms. The van der Waals surface area contributed by atoms with Crippen LogP contribution in [0.3, 0.4) is 0 Å². The standard InChI is InChI=1S/C43H57N5O9S/c1-42(20-21-42)58(53,54)47-41(52)43-25-29(43)15-9-5-3-4-7-13-28-22-37(49)57-36-17-11-14-27(36)12-8-6-10-16-33-39(45-34-23-30(55-2)18-19-32(34)44-33)56-31-24-35(38(50)46-43)48(26-31)40(28)51/h9,15,18-19,23,27-29,31,35-36H,3-8,10-14,16-17,20-22,24-26H2,1-2H3,(H,46,50)(H,47,52)/b15-9-/t27-,28-,29+,31-,35+,36-,43-/m1/s1. The maximum Gasteiger partial charge on any atom is 0.306 e. The molecular weight excluding hydrogens is 763 g/mol. The van der Waals surface area contributed by atoms with Gasteiger partial charge in [-0.1, -0.05) is 37.8 Å². The Bertz CT molecular complexity index is 2070. The van der Waals surface area contributed by atoms with Gasteiger partial charge in [0.2, 0.25) is 27.7 Å². The average molecular weight is 820 g/mol. The molecule has 7 atom stereocenters. The minimum atomic E-state index is -3.98. The lowest BCUT2D eigenvalue weighted by atomic mass is 9.94.